The number of fused-ring (bicyclic) bond motifs is 1. The molecule has 1 heterocycles. The van der Waals surface area contributed by atoms with Crippen LogP contribution in [0.3, 0.4) is 0 Å². The van der Waals surface area contributed by atoms with Gasteiger partial charge in [-0.05, 0) is 30.3 Å². The third-order valence-electron chi connectivity index (χ3n) is 3.97. The maximum atomic E-state index is 12.2. The molecule has 0 saturated heterocycles. The fraction of sp³-hybridized carbons (Fsp3) is 0.211. The van der Waals surface area contributed by atoms with Crippen LogP contribution < -0.4 is 5.32 Å². The van der Waals surface area contributed by atoms with Crippen LogP contribution in [0.15, 0.2) is 53.0 Å². The van der Waals surface area contributed by atoms with Gasteiger partial charge in [-0.25, -0.2) is 4.98 Å². The van der Waals surface area contributed by atoms with Crippen LogP contribution in [-0.2, 0) is 22.5 Å². The summed E-state index contributed by atoms with van der Waals surface area (Å²) < 4.78 is 7.46. The van der Waals surface area contributed by atoms with Gasteiger partial charge in [0.2, 0.25) is 0 Å². The van der Waals surface area contributed by atoms with Crippen LogP contribution >= 0.6 is 15.9 Å². The summed E-state index contributed by atoms with van der Waals surface area (Å²) in [6.45, 7) is 0.502. The highest BCUT2D eigenvalue weighted by Gasteiger charge is 2.14. The number of nitrogens with zero attached hydrogens (tertiary/aromatic N) is 2. The highest BCUT2D eigenvalue weighted by molar-refractivity contribution is 9.10. The third kappa shape index (κ3) is 4.11. The lowest BCUT2D eigenvalue weighted by Gasteiger charge is -2.09. The molecule has 134 valence electrons. The highest BCUT2D eigenvalue weighted by atomic mass is 79.9. The number of hydrogen-bond donors (Lipinski definition) is 1. The molecule has 0 aliphatic heterocycles. The Balaban J connectivity index is 1.73. The Hall–Kier alpha value is -2.67. The van der Waals surface area contributed by atoms with Crippen molar-refractivity contribution in [2.75, 3.05) is 13.7 Å². The molecule has 7 heteroatoms. The zero-order chi connectivity index (χ0) is 18.5. The number of methoxy groups -OCH3 is 1. The number of ether oxygens (including phenoxy) is 1. The van der Waals surface area contributed by atoms with E-state index in [1.165, 1.54) is 7.11 Å². The monoisotopic (exact) mass is 415 g/mol. The SMILES string of the molecule is COC(=O)Cn1c(CCNC(=O)c2cccc(Br)c2)nc2ccccc21. The van der Waals surface area contributed by atoms with E-state index in [9.17, 15) is 9.59 Å². The van der Waals surface area contributed by atoms with Gasteiger partial charge in [-0.3, -0.25) is 9.59 Å². The first kappa shape index (κ1) is 18.1. The number of carbonyl (C=O) groups excluding carboxylic acids is 2. The fourth-order valence-electron chi connectivity index (χ4n) is 2.71. The van der Waals surface area contributed by atoms with Crippen molar-refractivity contribution in [3.63, 3.8) is 0 Å². The second-order valence-electron chi connectivity index (χ2n) is 5.70. The maximum Gasteiger partial charge on any atom is 0.325 e. The van der Waals surface area contributed by atoms with Gasteiger partial charge in [-0.1, -0.05) is 34.1 Å². The summed E-state index contributed by atoms with van der Waals surface area (Å²) in [5, 5.41) is 2.88. The van der Waals surface area contributed by atoms with Crippen molar-refractivity contribution in [2.24, 2.45) is 0 Å². The van der Waals surface area contributed by atoms with Crippen LogP contribution in [0.4, 0.5) is 0 Å². The number of halogens is 1. The number of benzene rings is 2. The molecule has 1 amide bonds. The van der Waals surface area contributed by atoms with Gasteiger partial charge in [0.25, 0.3) is 5.91 Å². The van der Waals surface area contributed by atoms with Gasteiger partial charge in [0, 0.05) is 23.0 Å². The minimum Gasteiger partial charge on any atom is -0.468 e. The normalized spacial score (nSPS) is 10.7. The zero-order valence-corrected chi connectivity index (χ0v) is 15.8. The van der Waals surface area contributed by atoms with E-state index in [0.29, 0.717) is 18.5 Å². The molecule has 3 aromatic rings. The second-order valence-corrected chi connectivity index (χ2v) is 6.61. The van der Waals surface area contributed by atoms with E-state index < -0.39 is 0 Å². The molecular formula is C19H18BrN3O3. The fourth-order valence-corrected chi connectivity index (χ4v) is 3.11. The quantitative estimate of drug-likeness (QED) is 0.628. The van der Waals surface area contributed by atoms with Gasteiger partial charge in [-0.15, -0.1) is 0 Å². The summed E-state index contributed by atoms with van der Waals surface area (Å²) in [4.78, 5) is 28.5. The van der Waals surface area contributed by atoms with Crippen molar-refractivity contribution < 1.29 is 14.3 Å². The lowest BCUT2D eigenvalue weighted by atomic mass is 10.2. The second kappa shape index (κ2) is 8.14. The van der Waals surface area contributed by atoms with Crippen molar-refractivity contribution >= 4 is 38.8 Å². The van der Waals surface area contributed by atoms with E-state index in [1.54, 1.807) is 12.1 Å². The molecule has 0 atom stereocenters. The number of nitrogens with one attached hydrogen (secondary N) is 1. The Bertz CT molecular complexity index is 952. The average molecular weight is 416 g/mol. The van der Waals surface area contributed by atoms with Gasteiger partial charge in [0.05, 0.1) is 18.1 Å². The van der Waals surface area contributed by atoms with E-state index in [-0.39, 0.29) is 18.4 Å². The third-order valence-corrected chi connectivity index (χ3v) is 4.46. The van der Waals surface area contributed by atoms with Crippen LogP contribution in [0.2, 0.25) is 0 Å². The van der Waals surface area contributed by atoms with E-state index in [2.05, 4.69) is 26.2 Å². The molecule has 3 rings (SSSR count). The maximum absolute atomic E-state index is 12.2. The Morgan fingerprint density at radius 3 is 2.77 bits per heavy atom. The van der Waals surface area contributed by atoms with Gasteiger partial charge in [-0.2, -0.15) is 0 Å². The Labute approximate surface area is 159 Å². The molecule has 2 aromatic carbocycles. The van der Waals surface area contributed by atoms with Crippen LogP contribution in [0, 0.1) is 0 Å². The van der Waals surface area contributed by atoms with Crippen LogP contribution in [-0.4, -0.2) is 35.1 Å². The minimum atomic E-state index is -0.340. The topological polar surface area (TPSA) is 73.2 Å². The number of para-hydroxylation sites is 2. The minimum absolute atomic E-state index is 0.0892. The Morgan fingerprint density at radius 1 is 1.19 bits per heavy atom. The number of imidazole rings is 1. The summed E-state index contributed by atoms with van der Waals surface area (Å²) in [5.41, 5.74) is 2.26. The largest absolute Gasteiger partial charge is 0.468 e. The molecule has 1 N–H and O–H groups in total. The summed E-state index contributed by atoms with van der Waals surface area (Å²) in [7, 11) is 1.36. The highest BCUT2D eigenvalue weighted by Crippen LogP contribution is 2.16. The van der Waals surface area contributed by atoms with Gasteiger partial charge >= 0.3 is 5.97 Å². The number of amides is 1. The molecule has 0 spiro atoms. The van der Waals surface area contributed by atoms with Gasteiger partial charge < -0.3 is 14.6 Å². The number of rotatable bonds is 6. The number of carbonyl (C=O) groups is 2. The standard InChI is InChI=1S/C19H18BrN3O3/c1-26-18(24)12-23-16-8-3-2-7-15(16)22-17(23)9-10-21-19(25)13-5-4-6-14(20)11-13/h2-8,11H,9-10,12H2,1H3,(H,21,25). The van der Waals surface area contributed by atoms with Crippen molar-refractivity contribution in [1.82, 2.24) is 14.9 Å². The van der Waals surface area contributed by atoms with Crippen LogP contribution in [0.5, 0.6) is 0 Å². The molecule has 0 saturated carbocycles. The van der Waals surface area contributed by atoms with Gasteiger partial charge in [0.15, 0.2) is 0 Å². The Kier molecular flexibility index (Phi) is 5.68. The van der Waals surface area contributed by atoms with Gasteiger partial charge in [0.1, 0.15) is 12.4 Å². The Morgan fingerprint density at radius 2 is 2.00 bits per heavy atom. The number of hydrogen-bond acceptors (Lipinski definition) is 4. The molecule has 0 bridgehead atoms. The molecule has 26 heavy (non-hydrogen) atoms. The molecular weight excluding hydrogens is 398 g/mol. The predicted octanol–water partition coefficient (Wildman–Crippen LogP) is 2.94. The lowest BCUT2D eigenvalue weighted by molar-refractivity contribution is -0.141. The summed E-state index contributed by atoms with van der Waals surface area (Å²) in [6, 6.07) is 14.8. The van der Waals surface area contributed by atoms with E-state index in [4.69, 9.17) is 4.74 Å². The van der Waals surface area contributed by atoms with Crippen molar-refractivity contribution in [3.8, 4) is 0 Å². The number of aromatic nitrogens is 2. The van der Waals surface area contributed by atoms with E-state index >= 15 is 0 Å². The molecule has 0 fully saturated rings. The van der Waals surface area contributed by atoms with E-state index in [1.807, 2.05) is 41.0 Å². The van der Waals surface area contributed by atoms with Crippen molar-refractivity contribution in [3.05, 3.63) is 64.4 Å². The lowest BCUT2D eigenvalue weighted by Crippen LogP contribution is -2.26. The predicted molar refractivity (Wildman–Crippen MR) is 102 cm³/mol. The first-order chi connectivity index (χ1) is 12.6. The molecule has 1 aromatic heterocycles. The summed E-state index contributed by atoms with van der Waals surface area (Å²) >= 11 is 3.36. The first-order valence-corrected chi connectivity index (χ1v) is 8.92. The van der Waals surface area contributed by atoms with Crippen LogP contribution in [0.1, 0.15) is 16.2 Å². The average Bonchev–Trinajstić information content (AvgIpc) is 2.99. The molecule has 0 aliphatic carbocycles. The first-order valence-electron chi connectivity index (χ1n) is 8.13. The molecule has 6 nitrogen and oxygen atoms in total. The molecule has 0 radical (unpaired) electrons. The molecule has 0 aliphatic rings. The zero-order valence-electron chi connectivity index (χ0n) is 14.2. The summed E-state index contributed by atoms with van der Waals surface area (Å²) in [6.07, 6.45) is 0.505. The summed E-state index contributed by atoms with van der Waals surface area (Å²) in [5.74, 6) is 0.237. The van der Waals surface area contributed by atoms with Crippen LogP contribution in [0.25, 0.3) is 11.0 Å². The van der Waals surface area contributed by atoms with Crippen molar-refractivity contribution in [2.45, 2.75) is 13.0 Å². The molecule has 0 unspecified atom stereocenters. The van der Waals surface area contributed by atoms with E-state index in [0.717, 1.165) is 21.3 Å². The van der Waals surface area contributed by atoms with Crippen molar-refractivity contribution in [1.29, 1.82) is 0 Å². The smallest absolute Gasteiger partial charge is 0.325 e. The number of esters is 1.